The molecule has 1 unspecified atom stereocenters. The summed E-state index contributed by atoms with van der Waals surface area (Å²) in [7, 11) is 0. The number of aromatic nitrogens is 2. The molecular weight excluding hydrogens is 658 g/mol. The number of carboxylic acid groups (broad SMARTS) is 2. The Balaban J connectivity index is 0.000000345. The predicted molar refractivity (Wildman–Crippen MR) is 146 cm³/mol. The number of carbonyl (C=O) groups is 3. The van der Waals surface area contributed by atoms with Crippen LogP contribution in [0, 0.1) is 11.3 Å². The van der Waals surface area contributed by atoms with Gasteiger partial charge in [0.05, 0.1) is 25.2 Å². The van der Waals surface area contributed by atoms with Crippen LogP contribution in [0.1, 0.15) is 18.9 Å². The molecule has 2 fully saturated rings. The molecule has 0 saturated carbocycles. The van der Waals surface area contributed by atoms with Crippen LogP contribution in [0.4, 0.5) is 32.0 Å². The largest absolute Gasteiger partial charge is 0.490 e. The van der Waals surface area contributed by atoms with Gasteiger partial charge in [-0.2, -0.15) is 31.6 Å². The first-order valence-electron chi connectivity index (χ1n) is 13.6. The Morgan fingerprint density at radius 2 is 1.57 bits per heavy atom. The minimum absolute atomic E-state index is 0.0185. The molecule has 3 aliphatic rings. The van der Waals surface area contributed by atoms with E-state index in [4.69, 9.17) is 33.9 Å². The SMILES string of the molecule is N#CC1CSCN1CCn1on1C1CCN(CC(=O)Nc2ccc3c(c2)OCCO3)CC1.O=C(O)C(F)(F)F.O=C(O)C(F)(F)F. The maximum absolute atomic E-state index is 12.5. The molecule has 1 atom stereocenters. The van der Waals surface area contributed by atoms with E-state index >= 15 is 0 Å². The van der Waals surface area contributed by atoms with Gasteiger partial charge in [0, 0.05) is 43.0 Å². The van der Waals surface area contributed by atoms with Crippen LogP contribution in [-0.4, -0.2) is 117 Å². The van der Waals surface area contributed by atoms with Gasteiger partial charge < -0.3 is 25.0 Å². The molecule has 0 radical (unpaired) electrons. The van der Waals surface area contributed by atoms with Crippen molar-refractivity contribution in [1.82, 2.24) is 19.5 Å². The maximum Gasteiger partial charge on any atom is 0.490 e. The smallest absolute Gasteiger partial charge is 0.486 e. The highest BCUT2D eigenvalue weighted by molar-refractivity contribution is 7.99. The summed E-state index contributed by atoms with van der Waals surface area (Å²) in [5.41, 5.74) is 0.720. The Morgan fingerprint density at radius 3 is 2.13 bits per heavy atom. The Morgan fingerprint density at radius 1 is 0.978 bits per heavy atom. The van der Waals surface area contributed by atoms with Crippen LogP contribution in [0.25, 0.3) is 0 Å². The second-order valence-corrected chi connectivity index (χ2v) is 10.9. The Kier molecular flexibility index (Phi) is 12.7. The number of carbonyl (C=O) groups excluding carboxylic acids is 1. The Labute approximate surface area is 261 Å². The highest BCUT2D eigenvalue weighted by Crippen LogP contribution is 2.32. The fraction of sp³-hybridized carbons (Fsp3) is 0.600. The topological polar surface area (TPSA) is 175 Å². The van der Waals surface area contributed by atoms with Gasteiger partial charge in [-0.05, 0) is 25.0 Å². The number of hydrogen-bond donors (Lipinski definition) is 3. The van der Waals surface area contributed by atoms with Gasteiger partial charge in [-0.25, -0.2) is 9.59 Å². The fourth-order valence-electron chi connectivity index (χ4n) is 4.32. The van der Waals surface area contributed by atoms with E-state index in [0.29, 0.717) is 37.3 Å². The quantitative estimate of drug-likeness (QED) is 0.363. The second-order valence-electron chi connectivity index (χ2n) is 9.94. The van der Waals surface area contributed by atoms with E-state index in [-0.39, 0.29) is 11.9 Å². The third-order valence-corrected chi connectivity index (χ3v) is 7.69. The summed E-state index contributed by atoms with van der Waals surface area (Å²) in [4.78, 5) is 38.5. The van der Waals surface area contributed by atoms with Crippen molar-refractivity contribution in [1.29, 1.82) is 5.26 Å². The van der Waals surface area contributed by atoms with E-state index in [2.05, 4.69) is 21.2 Å². The van der Waals surface area contributed by atoms with E-state index in [1.54, 1.807) is 0 Å². The lowest BCUT2D eigenvalue weighted by molar-refractivity contribution is -0.193. The highest BCUT2D eigenvalue weighted by atomic mass is 32.2. The Hall–Kier alpha value is -4.03. The number of hydrogen-bond acceptors (Lipinski definition) is 10. The van der Waals surface area contributed by atoms with Gasteiger partial charge >= 0.3 is 24.3 Å². The first-order valence-corrected chi connectivity index (χ1v) is 14.7. The molecule has 1 amide bonds. The monoisotopic (exact) mass is 688 g/mol. The van der Waals surface area contributed by atoms with Crippen LogP contribution in [-0.2, 0) is 20.9 Å². The van der Waals surface area contributed by atoms with Crippen LogP contribution < -0.4 is 14.8 Å². The van der Waals surface area contributed by atoms with Gasteiger partial charge in [0.2, 0.25) is 5.91 Å². The average molecular weight is 689 g/mol. The number of alkyl halides is 6. The molecule has 21 heteroatoms. The van der Waals surface area contributed by atoms with Crippen molar-refractivity contribution in [3.8, 4) is 17.6 Å². The molecule has 256 valence electrons. The summed E-state index contributed by atoms with van der Waals surface area (Å²) in [5, 5.41) is 26.4. The molecule has 3 N–H and O–H groups in total. The van der Waals surface area contributed by atoms with Gasteiger partial charge in [0.1, 0.15) is 19.3 Å². The summed E-state index contributed by atoms with van der Waals surface area (Å²) in [6.07, 6.45) is -8.26. The second kappa shape index (κ2) is 16.0. The molecule has 0 aliphatic carbocycles. The lowest BCUT2D eigenvalue weighted by Crippen LogP contribution is -2.39. The molecule has 4 heterocycles. The van der Waals surface area contributed by atoms with Crippen LogP contribution in [0.2, 0.25) is 0 Å². The maximum atomic E-state index is 12.5. The zero-order valence-electron chi connectivity index (χ0n) is 23.9. The number of aliphatic carboxylic acids is 2. The van der Waals surface area contributed by atoms with E-state index in [9.17, 15) is 36.4 Å². The molecule has 14 nitrogen and oxygen atoms in total. The van der Waals surface area contributed by atoms with Crippen LogP contribution >= 0.6 is 11.8 Å². The van der Waals surface area contributed by atoms with Crippen molar-refractivity contribution >= 4 is 35.3 Å². The number of halogens is 6. The normalized spacial score (nSPS) is 18.8. The van der Waals surface area contributed by atoms with E-state index in [0.717, 1.165) is 56.3 Å². The number of amides is 1. The zero-order valence-corrected chi connectivity index (χ0v) is 24.7. The minimum atomic E-state index is -5.08. The summed E-state index contributed by atoms with van der Waals surface area (Å²) in [5.74, 6) is -2.35. The Bertz CT molecular complexity index is 1340. The molecule has 2 aromatic rings. The van der Waals surface area contributed by atoms with Gasteiger partial charge in [-0.3, -0.25) is 19.2 Å². The summed E-state index contributed by atoms with van der Waals surface area (Å²) < 4.78 is 80.2. The van der Waals surface area contributed by atoms with Crippen LogP contribution in [0.3, 0.4) is 0 Å². The lowest BCUT2D eigenvalue weighted by atomic mass is 10.1. The number of nitrogens with zero attached hydrogens (tertiary/aromatic N) is 5. The molecule has 2 saturated heterocycles. The van der Waals surface area contributed by atoms with E-state index < -0.39 is 24.3 Å². The number of likely N-dealkylation sites (tertiary alicyclic amines) is 1. The first kappa shape index (κ1) is 36.4. The van der Waals surface area contributed by atoms with Gasteiger partial charge in [0.15, 0.2) is 11.5 Å². The number of nitriles is 1. The number of anilines is 1. The summed E-state index contributed by atoms with van der Waals surface area (Å²) in [6.45, 7) is 4.76. The zero-order chi connectivity index (χ0) is 34.1. The number of carboxylic acids is 2. The molecule has 46 heavy (non-hydrogen) atoms. The number of fused-ring (bicyclic) bond motifs is 1. The summed E-state index contributed by atoms with van der Waals surface area (Å²) >= 11 is 1.81. The van der Waals surface area contributed by atoms with Gasteiger partial charge in [0.25, 0.3) is 0 Å². The van der Waals surface area contributed by atoms with Gasteiger partial charge in [-0.1, -0.05) is 9.71 Å². The number of thioether (sulfide) groups is 1. The molecule has 0 spiro atoms. The molecular formula is C25H30F6N6O8S. The molecule has 5 rings (SSSR count). The van der Waals surface area contributed by atoms with E-state index in [1.807, 2.05) is 39.7 Å². The van der Waals surface area contributed by atoms with Gasteiger partial charge in [-0.15, -0.1) is 11.8 Å². The third-order valence-electron chi connectivity index (χ3n) is 6.62. The fourth-order valence-corrected chi connectivity index (χ4v) is 5.48. The predicted octanol–water partition coefficient (Wildman–Crippen LogP) is 3.09. The molecule has 1 aromatic heterocycles. The van der Waals surface area contributed by atoms with Crippen molar-refractivity contribution < 1.29 is 65.0 Å². The number of nitrogens with one attached hydrogen (secondary N) is 1. The van der Waals surface area contributed by atoms with Crippen molar-refractivity contribution in [2.24, 2.45) is 0 Å². The first-order chi connectivity index (χ1) is 21.6. The van der Waals surface area contributed by atoms with Crippen molar-refractivity contribution in [3.63, 3.8) is 0 Å². The van der Waals surface area contributed by atoms with Crippen LogP contribution in [0.5, 0.6) is 11.5 Å². The highest BCUT2D eigenvalue weighted by Gasteiger charge is 2.39. The van der Waals surface area contributed by atoms with Crippen molar-refractivity contribution in [3.05, 3.63) is 18.2 Å². The summed E-state index contributed by atoms with van der Waals surface area (Å²) in [6, 6.07) is 8.20. The van der Waals surface area contributed by atoms with Crippen molar-refractivity contribution in [2.45, 2.75) is 43.8 Å². The average Bonchev–Trinajstić information content (AvgIpc) is 3.62. The minimum Gasteiger partial charge on any atom is -0.486 e. The standard InChI is InChI=1S/C21H28N6O4S.2C2HF3O2/c22-12-18-14-32-15-25(18)7-8-26-27(31-26)17-3-5-24(6-4-17)13-21(28)23-16-1-2-19-20(11-16)30-10-9-29-19;2*3-2(4,5)1(6)7/h1-2,11,17-18H,3-10,13-15H2,(H,23,28);2*(H,6,7). The lowest BCUT2D eigenvalue weighted by Gasteiger charge is -2.29. The molecule has 3 aliphatic heterocycles. The molecule has 1 aromatic carbocycles. The number of piperidine rings is 1. The third kappa shape index (κ3) is 11.4. The number of rotatable bonds is 7. The number of ether oxygens (including phenoxy) is 2. The van der Waals surface area contributed by atoms with Crippen LogP contribution in [0.15, 0.2) is 22.8 Å². The molecule has 0 bridgehead atoms. The van der Waals surface area contributed by atoms with Crippen molar-refractivity contribution in [2.75, 3.05) is 56.3 Å². The van der Waals surface area contributed by atoms with E-state index in [1.165, 1.54) is 0 Å². The number of benzene rings is 1.